The second-order valence-corrected chi connectivity index (χ2v) is 7.01. The van der Waals surface area contributed by atoms with Crippen molar-refractivity contribution in [3.8, 4) is 0 Å². The van der Waals surface area contributed by atoms with Gasteiger partial charge in [0.05, 0.1) is 0 Å². The fraction of sp³-hybridized carbons (Fsp3) is 0.737. The molecule has 0 aromatic carbocycles. The molecule has 0 saturated carbocycles. The van der Waals surface area contributed by atoms with Gasteiger partial charge in [0.1, 0.15) is 18.8 Å². The first kappa shape index (κ1) is 26.3. The maximum atomic E-state index is 11.8. The van der Waals surface area contributed by atoms with Crippen LogP contribution < -0.4 is 11.1 Å². The molecule has 0 aromatic heterocycles. The lowest BCUT2D eigenvalue weighted by atomic mass is 9.96. The molecule has 1 heterocycles. The molecule has 0 aliphatic carbocycles. The van der Waals surface area contributed by atoms with Gasteiger partial charge in [-0.05, 0) is 12.8 Å². The zero-order chi connectivity index (χ0) is 23.6. The van der Waals surface area contributed by atoms with Gasteiger partial charge in [0.25, 0.3) is 0 Å². The molecule has 3 N–H and O–H groups in total. The van der Waals surface area contributed by atoms with E-state index >= 15 is 0 Å². The molecule has 12 heteroatoms. The Morgan fingerprint density at radius 2 is 1.52 bits per heavy atom. The summed E-state index contributed by atoms with van der Waals surface area (Å²) in [5.41, 5.74) is 5.11. The second-order valence-electron chi connectivity index (χ2n) is 7.01. The van der Waals surface area contributed by atoms with Crippen LogP contribution >= 0.6 is 0 Å². The van der Waals surface area contributed by atoms with Crippen molar-refractivity contribution in [2.45, 2.75) is 77.6 Å². The molecule has 2 amide bonds. The van der Waals surface area contributed by atoms with Crippen LogP contribution in [0.25, 0.3) is 0 Å². The minimum absolute atomic E-state index is 0.138. The first-order chi connectivity index (χ1) is 14.5. The summed E-state index contributed by atoms with van der Waals surface area (Å²) >= 11 is 0. The Labute approximate surface area is 180 Å². The first-order valence-corrected chi connectivity index (χ1v) is 9.81. The highest BCUT2D eigenvalue weighted by Crippen LogP contribution is 2.28. The quantitative estimate of drug-likeness (QED) is 0.235. The van der Waals surface area contributed by atoms with E-state index in [1.165, 1.54) is 13.8 Å². The Bertz CT molecular complexity index is 668. The summed E-state index contributed by atoms with van der Waals surface area (Å²) in [7, 11) is 0. The molecule has 176 valence electrons. The van der Waals surface area contributed by atoms with Crippen molar-refractivity contribution in [3.05, 3.63) is 0 Å². The first-order valence-electron chi connectivity index (χ1n) is 9.81. The third kappa shape index (κ3) is 9.75. The number of carbonyl (C=O) groups is 5. The molecule has 0 radical (unpaired) electrons. The minimum Gasteiger partial charge on any atom is -0.463 e. The fourth-order valence-electron chi connectivity index (χ4n) is 3.03. The molecule has 31 heavy (non-hydrogen) atoms. The van der Waals surface area contributed by atoms with Gasteiger partial charge < -0.3 is 34.7 Å². The smallest absolute Gasteiger partial charge is 0.303 e. The molecule has 1 saturated heterocycles. The molecule has 0 bridgehead atoms. The number of nitrogens with one attached hydrogen (secondary N) is 1. The molecule has 1 aliphatic heterocycles. The van der Waals surface area contributed by atoms with Crippen molar-refractivity contribution in [2.24, 2.45) is 5.73 Å². The third-order valence-electron chi connectivity index (χ3n) is 4.17. The van der Waals surface area contributed by atoms with Crippen LogP contribution in [0.5, 0.6) is 0 Å². The third-order valence-corrected chi connectivity index (χ3v) is 4.17. The molecule has 5 atom stereocenters. The van der Waals surface area contributed by atoms with E-state index in [0.29, 0.717) is 12.8 Å². The summed E-state index contributed by atoms with van der Waals surface area (Å²) in [6.07, 6.45) is -3.36. The Morgan fingerprint density at radius 1 is 0.903 bits per heavy atom. The number of hydrogen-bond acceptors (Lipinski definition) is 10. The number of primary amides is 1. The second kappa shape index (κ2) is 12.8. The summed E-state index contributed by atoms with van der Waals surface area (Å²) in [5.74, 6) is -2.88. The molecule has 1 fully saturated rings. The van der Waals surface area contributed by atoms with Gasteiger partial charge in [-0.3, -0.25) is 24.0 Å². The molecule has 0 aromatic rings. The predicted octanol–water partition coefficient (Wildman–Crippen LogP) is -0.685. The van der Waals surface area contributed by atoms with E-state index < -0.39 is 60.4 Å². The molecular formula is C19H30N2O10. The van der Waals surface area contributed by atoms with E-state index in [1.54, 1.807) is 0 Å². The van der Waals surface area contributed by atoms with Gasteiger partial charge in [0, 0.05) is 40.7 Å². The SMILES string of the molecule is CC(=O)NC1[C@H](OCCCCC(N)=O)OC(COC(C)=O)[C@H](OC(C)=O)[C@@H]1OC(C)=O. The van der Waals surface area contributed by atoms with Crippen LogP contribution in [-0.2, 0) is 47.7 Å². The summed E-state index contributed by atoms with van der Waals surface area (Å²) in [6.45, 7) is 4.59. The molecule has 1 aliphatic rings. The number of esters is 3. The van der Waals surface area contributed by atoms with Crippen molar-refractivity contribution in [1.82, 2.24) is 5.32 Å². The Kier molecular flexibility index (Phi) is 10.9. The maximum absolute atomic E-state index is 11.8. The molecule has 12 nitrogen and oxygen atoms in total. The van der Waals surface area contributed by atoms with E-state index in [1.807, 2.05) is 0 Å². The summed E-state index contributed by atoms with van der Waals surface area (Å²) < 4.78 is 27.2. The van der Waals surface area contributed by atoms with Crippen LogP contribution in [-0.4, -0.2) is 73.6 Å². The number of carbonyl (C=O) groups excluding carboxylic acids is 5. The monoisotopic (exact) mass is 446 g/mol. The molecule has 0 spiro atoms. The largest absolute Gasteiger partial charge is 0.463 e. The summed E-state index contributed by atoms with van der Waals surface area (Å²) in [4.78, 5) is 57.3. The van der Waals surface area contributed by atoms with Gasteiger partial charge >= 0.3 is 17.9 Å². The van der Waals surface area contributed by atoms with Gasteiger partial charge in [-0.15, -0.1) is 0 Å². The fourth-order valence-corrected chi connectivity index (χ4v) is 3.03. The number of ether oxygens (including phenoxy) is 5. The minimum atomic E-state index is -1.17. The lowest BCUT2D eigenvalue weighted by Crippen LogP contribution is -2.66. The Morgan fingerprint density at radius 3 is 2.03 bits per heavy atom. The molecule has 2 unspecified atom stereocenters. The van der Waals surface area contributed by atoms with Gasteiger partial charge in [-0.2, -0.15) is 0 Å². The van der Waals surface area contributed by atoms with Gasteiger partial charge in [0.2, 0.25) is 11.8 Å². The van der Waals surface area contributed by atoms with Crippen LogP contribution in [0.4, 0.5) is 0 Å². The number of rotatable bonds is 11. The van der Waals surface area contributed by atoms with Crippen LogP contribution in [0.3, 0.4) is 0 Å². The van der Waals surface area contributed by atoms with Gasteiger partial charge in [0.15, 0.2) is 18.5 Å². The van der Waals surface area contributed by atoms with Gasteiger partial charge in [-0.1, -0.05) is 0 Å². The molecular weight excluding hydrogens is 416 g/mol. The Hall–Kier alpha value is -2.73. The summed E-state index contributed by atoms with van der Waals surface area (Å²) in [5, 5.41) is 2.60. The van der Waals surface area contributed by atoms with E-state index in [0.717, 1.165) is 13.8 Å². The molecule has 1 rings (SSSR count). The van der Waals surface area contributed by atoms with Crippen molar-refractivity contribution in [3.63, 3.8) is 0 Å². The zero-order valence-electron chi connectivity index (χ0n) is 18.1. The van der Waals surface area contributed by atoms with Crippen molar-refractivity contribution in [2.75, 3.05) is 13.2 Å². The van der Waals surface area contributed by atoms with Crippen molar-refractivity contribution >= 4 is 29.7 Å². The van der Waals surface area contributed by atoms with E-state index in [4.69, 9.17) is 29.4 Å². The van der Waals surface area contributed by atoms with Crippen molar-refractivity contribution < 1.29 is 47.7 Å². The van der Waals surface area contributed by atoms with Crippen LogP contribution in [0, 0.1) is 0 Å². The van der Waals surface area contributed by atoms with Gasteiger partial charge in [-0.25, -0.2) is 0 Å². The van der Waals surface area contributed by atoms with Crippen molar-refractivity contribution in [1.29, 1.82) is 0 Å². The standard InChI is InChI=1S/C19H30N2O10/c1-10(22)21-16-18(30-13(4)25)17(29-12(3)24)14(9-28-11(2)23)31-19(16)27-8-6-5-7-15(20)26/h14,16-19H,5-9H2,1-4H3,(H2,20,26)(H,21,22)/t14?,16?,17-,18+,19+/m0/s1. The average Bonchev–Trinajstić information content (AvgIpc) is 2.62. The number of amides is 2. The lowest BCUT2D eigenvalue weighted by Gasteiger charge is -2.44. The number of unbranched alkanes of at least 4 members (excludes halogenated alkanes) is 1. The van der Waals surface area contributed by atoms with E-state index in [-0.39, 0.29) is 19.6 Å². The predicted molar refractivity (Wildman–Crippen MR) is 103 cm³/mol. The highest BCUT2D eigenvalue weighted by Gasteiger charge is 2.51. The number of nitrogens with two attached hydrogens (primary N) is 1. The highest BCUT2D eigenvalue weighted by atomic mass is 16.7. The van der Waals surface area contributed by atoms with E-state index in [2.05, 4.69) is 5.32 Å². The number of hydrogen-bond donors (Lipinski definition) is 2. The van der Waals surface area contributed by atoms with Crippen LogP contribution in [0.1, 0.15) is 47.0 Å². The van der Waals surface area contributed by atoms with Crippen LogP contribution in [0.2, 0.25) is 0 Å². The van der Waals surface area contributed by atoms with E-state index in [9.17, 15) is 24.0 Å². The van der Waals surface area contributed by atoms with Crippen LogP contribution in [0.15, 0.2) is 0 Å². The topological polar surface area (TPSA) is 170 Å². The zero-order valence-corrected chi connectivity index (χ0v) is 18.1. The maximum Gasteiger partial charge on any atom is 0.303 e. The normalized spacial score (nSPS) is 25.2. The highest BCUT2D eigenvalue weighted by molar-refractivity contribution is 5.74. The average molecular weight is 446 g/mol. The lowest BCUT2D eigenvalue weighted by molar-refractivity contribution is -0.277. The summed E-state index contributed by atoms with van der Waals surface area (Å²) in [6, 6.07) is -1.02. The Balaban J connectivity index is 3.11.